The van der Waals surface area contributed by atoms with Gasteiger partial charge in [-0.2, -0.15) is 0 Å². The number of aromatic nitrogens is 1. The Balaban J connectivity index is 2.30. The maximum absolute atomic E-state index is 4.11. The molecule has 0 spiro atoms. The Bertz CT molecular complexity index is 334. The number of hydrogen-bond donors (Lipinski definition) is 1. The Morgan fingerprint density at radius 2 is 2.06 bits per heavy atom. The summed E-state index contributed by atoms with van der Waals surface area (Å²) in [6.07, 6.45) is 6.21. The van der Waals surface area contributed by atoms with E-state index in [0.717, 1.165) is 13.1 Å². The minimum Gasteiger partial charge on any atom is -0.382 e. The maximum atomic E-state index is 4.11. The predicted octanol–water partition coefficient (Wildman–Crippen LogP) is 3.31. The van der Waals surface area contributed by atoms with Gasteiger partial charge in [-0.25, -0.2) is 0 Å². The van der Waals surface area contributed by atoms with Gasteiger partial charge >= 0.3 is 0 Å². The van der Waals surface area contributed by atoms with Crippen LogP contribution in [0, 0.1) is 6.92 Å². The third kappa shape index (κ3) is 5.05. The van der Waals surface area contributed by atoms with E-state index in [2.05, 4.69) is 49.0 Å². The molecule has 1 N–H and O–H groups in total. The van der Waals surface area contributed by atoms with Gasteiger partial charge in [-0.1, -0.05) is 13.8 Å². The average Bonchev–Trinajstić information content (AvgIpc) is 2.37. The van der Waals surface area contributed by atoms with Crippen LogP contribution in [0.1, 0.15) is 39.2 Å². The van der Waals surface area contributed by atoms with E-state index in [1.807, 2.05) is 12.4 Å². The molecule has 0 bridgehead atoms. The fraction of sp³-hybridized carbons (Fsp3) is 0.667. The molecule has 1 aromatic rings. The van der Waals surface area contributed by atoms with Gasteiger partial charge in [0.1, 0.15) is 0 Å². The van der Waals surface area contributed by atoms with Crippen LogP contribution in [0.15, 0.2) is 18.5 Å². The maximum Gasteiger partial charge on any atom is 0.0402 e. The lowest BCUT2D eigenvalue weighted by atomic mass is 10.1. The molecule has 0 aliphatic heterocycles. The molecule has 3 heteroatoms. The summed E-state index contributed by atoms with van der Waals surface area (Å²) in [5.41, 5.74) is 2.42. The van der Waals surface area contributed by atoms with E-state index < -0.39 is 0 Å². The molecule has 3 nitrogen and oxygen atoms in total. The van der Waals surface area contributed by atoms with Gasteiger partial charge in [-0.05, 0) is 58.0 Å². The van der Waals surface area contributed by atoms with Crippen LogP contribution in [0.25, 0.3) is 0 Å². The molecule has 0 amide bonds. The Morgan fingerprint density at radius 3 is 2.67 bits per heavy atom. The summed E-state index contributed by atoms with van der Waals surface area (Å²) in [5.74, 6) is 0. The van der Waals surface area contributed by atoms with Crippen molar-refractivity contribution in [1.29, 1.82) is 0 Å². The Kier molecular flexibility index (Phi) is 6.73. The fourth-order valence-corrected chi connectivity index (χ4v) is 2.13. The first-order valence-corrected chi connectivity index (χ1v) is 7.06. The lowest BCUT2D eigenvalue weighted by Gasteiger charge is -2.20. The third-order valence-electron chi connectivity index (χ3n) is 3.43. The minimum absolute atomic E-state index is 0.515. The van der Waals surface area contributed by atoms with Crippen LogP contribution in [0.4, 0.5) is 5.69 Å². The van der Waals surface area contributed by atoms with Gasteiger partial charge in [0.05, 0.1) is 0 Å². The molecule has 0 fully saturated rings. The molecule has 0 aliphatic carbocycles. The monoisotopic (exact) mass is 249 g/mol. The quantitative estimate of drug-likeness (QED) is 0.766. The van der Waals surface area contributed by atoms with Crippen LogP contribution < -0.4 is 5.32 Å². The van der Waals surface area contributed by atoms with Crippen molar-refractivity contribution in [2.45, 2.75) is 46.6 Å². The van der Waals surface area contributed by atoms with E-state index in [1.54, 1.807) is 0 Å². The second kappa shape index (κ2) is 8.09. The summed E-state index contributed by atoms with van der Waals surface area (Å²) in [7, 11) is 0. The Labute approximate surface area is 112 Å². The molecule has 0 aliphatic rings. The van der Waals surface area contributed by atoms with E-state index in [-0.39, 0.29) is 0 Å². The van der Waals surface area contributed by atoms with Crippen LogP contribution in [0.2, 0.25) is 0 Å². The van der Waals surface area contributed by atoms with E-state index in [4.69, 9.17) is 0 Å². The summed E-state index contributed by atoms with van der Waals surface area (Å²) in [5, 5.41) is 3.56. The smallest absolute Gasteiger partial charge is 0.0402 e. The Hall–Kier alpha value is -1.09. The Morgan fingerprint density at radius 1 is 1.33 bits per heavy atom. The van der Waals surface area contributed by atoms with Crippen LogP contribution in [-0.2, 0) is 0 Å². The number of nitrogens with zero attached hydrogens (tertiary/aromatic N) is 2. The van der Waals surface area contributed by atoms with Crippen molar-refractivity contribution in [1.82, 2.24) is 9.88 Å². The normalized spacial score (nSPS) is 12.7. The summed E-state index contributed by atoms with van der Waals surface area (Å²) < 4.78 is 0. The topological polar surface area (TPSA) is 28.2 Å². The molecule has 0 saturated heterocycles. The van der Waals surface area contributed by atoms with Crippen molar-refractivity contribution in [3.8, 4) is 0 Å². The van der Waals surface area contributed by atoms with E-state index in [1.165, 1.54) is 30.6 Å². The summed E-state index contributed by atoms with van der Waals surface area (Å²) in [6.45, 7) is 12.3. The van der Waals surface area contributed by atoms with Gasteiger partial charge in [0, 0.05) is 24.1 Å². The highest BCUT2D eigenvalue weighted by Crippen LogP contribution is 2.14. The molecule has 1 unspecified atom stereocenters. The zero-order valence-electron chi connectivity index (χ0n) is 12.2. The van der Waals surface area contributed by atoms with E-state index >= 15 is 0 Å². The predicted molar refractivity (Wildman–Crippen MR) is 79.1 cm³/mol. The van der Waals surface area contributed by atoms with Crippen LogP contribution in [0.5, 0.6) is 0 Å². The molecule has 1 aromatic heterocycles. The summed E-state index contributed by atoms with van der Waals surface area (Å²) in [4.78, 5) is 6.59. The summed E-state index contributed by atoms with van der Waals surface area (Å²) in [6, 6.07) is 2.57. The highest BCUT2D eigenvalue weighted by molar-refractivity contribution is 5.49. The molecule has 0 radical (unpaired) electrons. The molecule has 1 heterocycles. The number of anilines is 1. The lowest BCUT2D eigenvalue weighted by Crippen LogP contribution is -2.25. The number of hydrogen-bond acceptors (Lipinski definition) is 3. The molecule has 18 heavy (non-hydrogen) atoms. The molecule has 0 aromatic carbocycles. The second-order valence-electron chi connectivity index (χ2n) is 4.91. The number of aryl methyl sites for hydroxylation is 1. The van der Waals surface area contributed by atoms with Crippen LogP contribution in [0.3, 0.4) is 0 Å². The number of pyridine rings is 1. The molecule has 1 rings (SSSR count). The van der Waals surface area contributed by atoms with Gasteiger partial charge in [0.15, 0.2) is 0 Å². The standard InChI is InChI=1S/C15H27N3/c1-5-18(6-2)11-7-8-14(4)17-15-9-10-16-12-13(15)3/h9-10,12,14H,5-8,11H2,1-4H3,(H,16,17). The molecule has 0 saturated carbocycles. The largest absolute Gasteiger partial charge is 0.382 e. The minimum atomic E-state index is 0.515. The molecular formula is C15H27N3. The molecular weight excluding hydrogens is 222 g/mol. The van der Waals surface area contributed by atoms with E-state index in [9.17, 15) is 0 Å². The third-order valence-corrected chi connectivity index (χ3v) is 3.43. The first-order valence-electron chi connectivity index (χ1n) is 7.06. The van der Waals surface area contributed by atoms with Crippen molar-refractivity contribution in [3.63, 3.8) is 0 Å². The van der Waals surface area contributed by atoms with Crippen molar-refractivity contribution in [3.05, 3.63) is 24.0 Å². The average molecular weight is 249 g/mol. The SMILES string of the molecule is CCN(CC)CCCC(C)Nc1ccncc1C. The zero-order valence-corrected chi connectivity index (χ0v) is 12.2. The second-order valence-corrected chi connectivity index (χ2v) is 4.91. The number of rotatable bonds is 8. The summed E-state index contributed by atoms with van der Waals surface area (Å²) >= 11 is 0. The zero-order chi connectivity index (χ0) is 13.4. The van der Waals surface area contributed by atoms with Crippen LogP contribution in [-0.4, -0.2) is 35.6 Å². The highest BCUT2D eigenvalue weighted by Gasteiger charge is 2.05. The van der Waals surface area contributed by atoms with E-state index in [0.29, 0.717) is 6.04 Å². The van der Waals surface area contributed by atoms with Gasteiger partial charge in [0.2, 0.25) is 0 Å². The highest BCUT2D eigenvalue weighted by atomic mass is 15.1. The number of nitrogens with one attached hydrogen (secondary N) is 1. The molecule has 1 atom stereocenters. The lowest BCUT2D eigenvalue weighted by molar-refractivity contribution is 0.295. The van der Waals surface area contributed by atoms with Crippen molar-refractivity contribution >= 4 is 5.69 Å². The van der Waals surface area contributed by atoms with Gasteiger partial charge in [-0.3, -0.25) is 4.98 Å². The first-order chi connectivity index (χ1) is 8.67. The first kappa shape index (κ1) is 15.0. The van der Waals surface area contributed by atoms with Gasteiger partial charge in [0.25, 0.3) is 0 Å². The van der Waals surface area contributed by atoms with Gasteiger partial charge < -0.3 is 10.2 Å². The molecule has 102 valence electrons. The van der Waals surface area contributed by atoms with Gasteiger partial charge in [-0.15, -0.1) is 0 Å². The van der Waals surface area contributed by atoms with Crippen molar-refractivity contribution in [2.24, 2.45) is 0 Å². The van der Waals surface area contributed by atoms with Crippen LogP contribution >= 0.6 is 0 Å². The van der Waals surface area contributed by atoms with Crippen molar-refractivity contribution < 1.29 is 0 Å². The fourth-order valence-electron chi connectivity index (χ4n) is 2.13. The van der Waals surface area contributed by atoms with Crippen molar-refractivity contribution in [2.75, 3.05) is 25.0 Å².